The number of rotatable bonds is 8. The normalized spacial score (nSPS) is 24.3. The maximum Gasteiger partial charge on any atom is 0.214 e. The summed E-state index contributed by atoms with van der Waals surface area (Å²) in [6.07, 6.45) is 3.56. The van der Waals surface area contributed by atoms with Crippen molar-refractivity contribution in [2.75, 3.05) is 7.11 Å². The van der Waals surface area contributed by atoms with E-state index in [2.05, 4.69) is 134 Å². The fourth-order valence-electron chi connectivity index (χ4n) is 10.5. The Morgan fingerprint density at radius 3 is 2.32 bits per heavy atom. The van der Waals surface area contributed by atoms with Crippen LogP contribution in [0.5, 0.6) is 0 Å². The average Bonchev–Trinajstić information content (AvgIpc) is 3.48. The van der Waals surface area contributed by atoms with Crippen LogP contribution in [0.1, 0.15) is 109 Å². The molecule has 0 bridgehead atoms. The minimum absolute atomic E-state index is 0.216. The number of pyridine rings is 1. The summed E-state index contributed by atoms with van der Waals surface area (Å²) < 4.78 is 16.5. The number of fused-ring (bicyclic) bond motifs is 14. The van der Waals surface area contributed by atoms with Crippen LogP contribution in [0.3, 0.4) is 0 Å². The van der Waals surface area contributed by atoms with Gasteiger partial charge in [-0.15, -0.1) is 0 Å². The van der Waals surface area contributed by atoms with Crippen molar-refractivity contribution >= 4 is 21.9 Å². The first-order valence-corrected chi connectivity index (χ1v) is 18.1. The molecule has 3 heteroatoms. The van der Waals surface area contributed by atoms with E-state index in [4.69, 9.17) is 9.15 Å². The van der Waals surface area contributed by atoms with Crippen molar-refractivity contribution in [3.8, 4) is 22.6 Å². The van der Waals surface area contributed by atoms with Crippen LogP contribution >= 0.6 is 0 Å². The second kappa shape index (κ2) is 10.3. The van der Waals surface area contributed by atoms with Crippen LogP contribution in [-0.4, -0.2) is 12.7 Å². The number of aryl methyl sites for hydroxylation is 1. The summed E-state index contributed by atoms with van der Waals surface area (Å²) in [5, 5.41) is 2.56. The van der Waals surface area contributed by atoms with Crippen LogP contribution in [0.25, 0.3) is 44.5 Å². The number of hydrogen-bond donors (Lipinski definition) is 0. The van der Waals surface area contributed by atoms with Gasteiger partial charge in [-0.25, -0.2) is 0 Å². The van der Waals surface area contributed by atoms with Gasteiger partial charge in [-0.1, -0.05) is 111 Å². The third kappa shape index (κ3) is 3.87. The van der Waals surface area contributed by atoms with E-state index in [-0.39, 0.29) is 28.4 Å². The lowest BCUT2D eigenvalue weighted by atomic mass is 9.65. The number of benzene rings is 3. The van der Waals surface area contributed by atoms with Crippen molar-refractivity contribution in [3.05, 3.63) is 89.0 Å². The van der Waals surface area contributed by atoms with E-state index >= 15 is 0 Å². The first-order chi connectivity index (χ1) is 22.5. The lowest BCUT2D eigenvalue weighted by Gasteiger charge is -2.41. The second-order valence-corrected chi connectivity index (χ2v) is 16.3. The molecule has 1 aliphatic heterocycles. The highest BCUT2D eigenvalue weighted by Crippen LogP contribution is 2.72. The summed E-state index contributed by atoms with van der Waals surface area (Å²) >= 11 is 0. The van der Waals surface area contributed by atoms with E-state index in [0.29, 0.717) is 17.8 Å². The Labute approximate surface area is 281 Å². The first kappa shape index (κ1) is 30.9. The van der Waals surface area contributed by atoms with E-state index in [1.54, 1.807) is 0 Å². The van der Waals surface area contributed by atoms with E-state index < -0.39 is 0 Å². The minimum Gasteiger partial charge on any atom is -0.456 e. The maximum absolute atomic E-state index is 7.05. The number of hydrogen-bond acceptors (Lipinski definition) is 2. The van der Waals surface area contributed by atoms with Gasteiger partial charge in [-0.05, 0) is 65.3 Å². The van der Waals surface area contributed by atoms with Gasteiger partial charge in [0.15, 0.2) is 6.04 Å². The molecule has 6 atom stereocenters. The molecule has 0 spiro atoms. The largest absolute Gasteiger partial charge is 0.456 e. The van der Waals surface area contributed by atoms with Crippen molar-refractivity contribution in [1.29, 1.82) is 0 Å². The van der Waals surface area contributed by atoms with E-state index in [9.17, 15) is 0 Å². The molecule has 1 fully saturated rings. The smallest absolute Gasteiger partial charge is 0.214 e. The molecule has 0 radical (unpaired) electrons. The number of methoxy groups -OCH3 is 1. The van der Waals surface area contributed by atoms with Crippen LogP contribution in [0.2, 0.25) is 0 Å². The first-order valence-electron chi connectivity index (χ1n) is 18.1. The van der Waals surface area contributed by atoms with Gasteiger partial charge in [0.05, 0.1) is 11.5 Å². The predicted molar refractivity (Wildman–Crippen MR) is 194 cm³/mol. The van der Waals surface area contributed by atoms with E-state index in [1.165, 1.54) is 74.6 Å². The Morgan fingerprint density at radius 1 is 0.936 bits per heavy atom. The molecule has 5 aromatic rings. The van der Waals surface area contributed by atoms with Gasteiger partial charge in [0.2, 0.25) is 11.2 Å². The number of aromatic nitrogens is 1. The van der Waals surface area contributed by atoms with Gasteiger partial charge in [0, 0.05) is 46.6 Å². The van der Waals surface area contributed by atoms with Crippen LogP contribution in [0, 0.1) is 30.1 Å². The zero-order valence-corrected chi connectivity index (χ0v) is 30.1. The number of furan rings is 1. The van der Waals surface area contributed by atoms with Gasteiger partial charge in [-0.2, -0.15) is 4.57 Å². The highest BCUT2D eigenvalue weighted by molar-refractivity contribution is 5.98. The summed E-state index contributed by atoms with van der Waals surface area (Å²) in [5.41, 5.74) is 11.5. The SMILES string of the molecule is CCC(C)[C@@](C)(CC)CC(C(C)C)C1(OC)C2c3ccc4c(c3-c3cc(C)c5ccccc5[n+]3C21)C(C)(C)c1c-4oc2ccccc12. The Balaban J connectivity index is 1.43. The van der Waals surface area contributed by atoms with E-state index in [0.717, 1.165) is 11.3 Å². The summed E-state index contributed by atoms with van der Waals surface area (Å²) in [5.74, 6) is 2.87. The lowest BCUT2D eigenvalue weighted by Crippen LogP contribution is -2.46. The predicted octanol–water partition coefficient (Wildman–Crippen LogP) is 11.3. The molecular formula is C44H52NO2+. The zero-order chi connectivity index (χ0) is 33.2. The average molecular weight is 627 g/mol. The molecule has 3 heterocycles. The fraction of sp³-hybridized carbons (Fsp3) is 0.477. The van der Waals surface area contributed by atoms with Gasteiger partial charge >= 0.3 is 0 Å². The molecular weight excluding hydrogens is 574 g/mol. The Hall–Kier alpha value is -3.43. The summed E-state index contributed by atoms with van der Waals surface area (Å²) in [6, 6.07) is 25.2. The number of nitrogens with zero attached hydrogens (tertiary/aromatic N) is 1. The summed E-state index contributed by atoms with van der Waals surface area (Å²) in [7, 11) is 2.01. The second-order valence-electron chi connectivity index (χ2n) is 16.3. The van der Waals surface area contributed by atoms with Crippen molar-refractivity contribution in [3.63, 3.8) is 0 Å². The van der Waals surface area contributed by atoms with Gasteiger partial charge in [0.1, 0.15) is 16.9 Å². The highest BCUT2D eigenvalue weighted by Gasteiger charge is 2.79. The van der Waals surface area contributed by atoms with Crippen LogP contribution in [-0.2, 0) is 10.2 Å². The Kier molecular flexibility index (Phi) is 6.76. The van der Waals surface area contributed by atoms with Crippen LogP contribution in [0.15, 0.2) is 71.1 Å². The van der Waals surface area contributed by atoms with Crippen molar-refractivity contribution in [2.45, 2.75) is 105 Å². The molecule has 8 rings (SSSR count). The molecule has 2 aromatic heterocycles. The Morgan fingerprint density at radius 2 is 1.64 bits per heavy atom. The quantitative estimate of drug-likeness (QED) is 0.160. The van der Waals surface area contributed by atoms with Crippen LogP contribution in [0.4, 0.5) is 0 Å². The number of para-hydroxylation sites is 2. The number of ether oxygens (including phenoxy) is 1. The van der Waals surface area contributed by atoms with Crippen molar-refractivity contribution < 1.29 is 13.7 Å². The van der Waals surface area contributed by atoms with Gasteiger partial charge < -0.3 is 9.15 Å². The molecule has 47 heavy (non-hydrogen) atoms. The fourth-order valence-corrected chi connectivity index (χ4v) is 10.5. The highest BCUT2D eigenvalue weighted by atomic mass is 16.5. The molecule has 1 saturated carbocycles. The molecule has 0 saturated heterocycles. The molecule has 0 N–H and O–H groups in total. The third-order valence-electron chi connectivity index (χ3n) is 13.6. The summed E-state index contributed by atoms with van der Waals surface area (Å²) in [6.45, 7) is 21.8. The molecule has 5 unspecified atom stereocenters. The zero-order valence-electron chi connectivity index (χ0n) is 30.1. The van der Waals surface area contributed by atoms with Gasteiger partial charge in [0.25, 0.3) is 0 Å². The van der Waals surface area contributed by atoms with Crippen molar-refractivity contribution in [2.24, 2.45) is 23.2 Å². The standard InChI is InChI=1S/C44H52NO2/c1-11-27(6)43(9,12-2)24-32(25(3)4)44(46-10)39-30-21-22-31-37(42(7,8)38-29-18-14-16-20-35(29)47-40(31)38)36(30)34-23-26(5)28-17-13-15-19-33(28)45(34)41(39)44/h13-23,25,27,32,39,41H,11-12,24H2,1-10H3/q+1/t27?,32?,39?,41?,43-,44?/m0/s1. The van der Waals surface area contributed by atoms with Gasteiger partial charge in [-0.3, -0.25) is 0 Å². The molecule has 0 amide bonds. The topological polar surface area (TPSA) is 26.2 Å². The summed E-state index contributed by atoms with van der Waals surface area (Å²) in [4.78, 5) is 0. The van der Waals surface area contributed by atoms with E-state index in [1.807, 2.05) is 7.11 Å². The third-order valence-corrected chi connectivity index (χ3v) is 13.6. The molecule has 3 aromatic carbocycles. The molecule has 2 aliphatic carbocycles. The minimum atomic E-state index is -0.295. The molecule has 3 aliphatic rings. The molecule has 244 valence electrons. The lowest BCUT2D eigenvalue weighted by molar-refractivity contribution is -0.674. The van der Waals surface area contributed by atoms with Crippen molar-refractivity contribution in [1.82, 2.24) is 0 Å². The van der Waals surface area contributed by atoms with Crippen LogP contribution < -0.4 is 4.57 Å². The monoisotopic (exact) mass is 626 g/mol. The molecule has 3 nitrogen and oxygen atoms in total. The Bertz CT molecular complexity index is 2070. The maximum atomic E-state index is 7.05.